The number of rotatable bonds is 7. The highest BCUT2D eigenvalue weighted by Crippen LogP contribution is 2.19. The van der Waals surface area contributed by atoms with Crippen LogP contribution in [0.3, 0.4) is 0 Å². The molecule has 1 aromatic carbocycles. The van der Waals surface area contributed by atoms with Crippen molar-refractivity contribution in [3.63, 3.8) is 0 Å². The zero-order chi connectivity index (χ0) is 23.1. The van der Waals surface area contributed by atoms with Gasteiger partial charge in [-0.05, 0) is 49.8 Å². The third kappa shape index (κ3) is 6.11. The summed E-state index contributed by atoms with van der Waals surface area (Å²) in [6, 6.07) is 7.90. The number of benzene rings is 1. The van der Waals surface area contributed by atoms with Gasteiger partial charge < -0.3 is 15.1 Å². The van der Waals surface area contributed by atoms with E-state index in [2.05, 4.69) is 49.3 Å². The number of aliphatic imine (C=N–C) groups is 1. The number of nitrogens with zero attached hydrogens (tertiary/aromatic N) is 5. The van der Waals surface area contributed by atoms with Crippen LogP contribution >= 0.6 is 0 Å². The summed E-state index contributed by atoms with van der Waals surface area (Å²) >= 11 is 0. The minimum Gasteiger partial charge on any atom is -0.357 e. The van der Waals surface area contributed by atoms with Gasteiger partial charge in [0.15, 0.2) is 5.96 Å². The highest BCUT2D eigenvalue weighted by atomic mass is 16.2. The fourth-order valence-corrected chi connectivity index (χ4v) is 4.16. The van der Waals surface area contributed by atoms with Crippen LogP contribution in [0.2, 0.25) is 0 Å². The summed E-state index contributed by atoms with van der Waals surface area (Å²) < 4.78 is 1.88. The molecule has 0 bridgehead atoms. The fourth-order valence-electron chi connectivity index (χ4n) is 4.16. The molecule has 1 aliphatic heterocycles. The van der Waals surface area contributed by atoms with Crippen LogP contribution in [0.1, 0.15) is 73.1 Å². The molecule has 0 spiro atoms. The number of hydrogen-bond donors (Lipinski definition) is 1. The lowest BCUT2D eigenvalue weighted by molar-refractivity contribution is 0.0724. The molecule has 2 aromatic rings. The molecule has 1 saturated heterocycles. The van der Waals surface area contributed by atoms with Crippen molar-refractivity contribution in [2.75, 3.05) is 26.7 Å². The van der Waals surface area contributed by atoms with E-state index in [0.29, 0.717) is 12.5 Å². The van der Waals surface area contributed by atoms with E-state index in [9.17, 15) is 4.79 Å². The number of likely N-dealkylation sites (tertiary alicyclic amines) is 1. The van der Waals surface area contributed by atoms with Crippen molar-refractivity contribution in [1.82, 2.24) is 24.9 Å². The van der Waals surface area contributed by atoms with E-state index in [1.165, 1.54) is 12.0 Å². The lowest BCUT2D eigenvalue weighted by Crippen LogP contribution is -2.38. The number of carbonyl (C=O) groups is 1. The molecule has 0 saturated carbocycles. The number of aryl methyl sites for hydroxylation is 1. The quantitative estimate of drug-likeness (QED) is 0.528. The first-order valence-corrected chi connectivity index (χ1v) is 11.8. The number of aromatic nitrogens is 2. The van der Waals surface area contributed by atoms with Gasteiger partial charge in [0.05, 0.1) is 12.2 Å². The van der Waals surface area contributed by atoms with Crippen molar-refractivity contribution < 1.29 is 4.79 Å². The molecule has 7 heteroatoms. The van der Waals surface area contributed by atoms with Crippen LogP contribution in [-0.4, -0.2) is 58.1 Å². The van der Waals surface area contributed by atoms with Crippen LogP contribution in [0.4, 0.5) is 0 Å². The summed E-state index contributed by atoms with van der Waals surface area (Å²) in [6.45, 7) is 10.3. The maximum absolute atomic E-state index is 12.7. The van der Waals surface area contributed by atoms with Gasteiger partial charge in [-0.15, -0.1) is 0 Å². The van der Waals surface area contributed by atoms with Crippen molar-refractivity contribution in [2.45, 2.75) is 59.0 Å². The second-order valence-corrected chi connectivity index (χ2v) is 8.94. The first-order chi connectivity index (χ1) is 15.4. The lowest BCUT2D eigenvalue weighted by Gasteiger charge is -2.26. The highest BCUT2D eigenvalue weighted by molar-refractivity contribution is 5.94. The van der Waals surface area contributed by atoms with Crippen molar-refractivity contribution in [2.24, 2.45) is 12.0 Å². The van der Waals surface area contributed by atoms with E-state index < -0.39 is 0 Å². The first kappa shape index (κ1) is 23.8. The third-order valence-electron chi connectivity index (χ3n) is 5.84. The standard InChI is InChI=1S/C25H38N6O/c1-6-26-25(29(4)17-22-18-30(5)28-23(22)19(2)3)27-16-20-10-12-21(13-11-20)24(32)31-14-8-7-9-15-31/h10-13,18-19H,6-9,14-17H2,1-5H3,(H,26,27). The molecule has 1 aromatic heterocycles. The normalized spacial score (nSPS) is 14.7. The van der Waals surface area contributed by atoms with E-state index in [0.717, 1.165) is 61.8 Å². The van der Waals surface area contributed by atoms with Gasteiger partial charge in [-0.1, -0.05) is 26.0 Å². The summed E-state index contributed by atoms with van der Waals surface area (Å²) in [5.74, 6) is 1.38. The Morgan fingerprint density at radius 2 is 1.88 bits per heavy atom. The molecule has 0 aliphatic carbocycles. The van der Waals surface area contributed by atoms with Crippen LogP contribution in [0.15, 0.2) is 35.5 Å². The molecule has 1 N–H and O–H groups in total. The Morgan fingerprint density at radius 3 is 2.50 bits per heavy atom. The number of carbonyl (C=O) groups excluding carboxylic acids is 1. The van der Waals surface area contributed by atoms with E-state index in [-0.39, 0.29) is 5.91 Å². The molecular weight excluding hydrogens is 400 g/mol. The number of piperidine rings is 1. The van der Waals surface area contributed by atoms with Crippen molar-refractivity contribution in [3.8, 4) is 0 Å². The Morgan fingerprint density at radius 1 is 1.19 bits per heavy atom. The minimum atomic E-state index is 0.144. The first-order valence-electron chi connectivity index (χ1n) is 11.8. The average Bonchev–Trinajstić information content (AvgIpc) is 3.17. The number of guanidine groups is 1. The Bertz CT molecular complexity index is 909. The fraction of sp³-hybridized carbons (Fsp3) is 0.560. The predicted molar refractivity (Wildman–Crippen MR) is 130 cm³/mol. The van der Waals surface area contributed by atoms with Gasteiger partial charge in [0.1, 0.15) is 0 Å². The largest absolute Gasteiger partial charge is 0.357 e. The molecule has 1 aliphatic rings. The maximum atomic E-state index is 12.7. The monoisotopic (exact) mass is 438 g/mol. The zero-order valence-corrected chi connectivity index (χ0v) is 20.3. The second kappa shape index (κ2) is 11.2. The molecule has 0 radical (unpaired) electrons. The van der Waals surface area contributed by atoms with Crippen molar-refractivity contribution in [1.29, 1.82) is 0 Å². The molecule has 0 unspecified atom stereocenters. The van der Waals surface area contributed by atoms with E-state index >= 15 is 0 Å². The maximum Gasteiger partial charge on any atom is 0.253 e. The molecule has 2 heterocycles. The van der Waals surface area contributed by atoms with Gasteiger partial charge in [0, 0.05) is 57.6 Å². The summed E-state index contributed by atoms with van der Waals surface area (Å²) in [5.41, 5.74) is 4.20. The van der Waals surface area contributed by atoms with Crippen LogP contribution < -0.4 is 5.32 Å². The number of amides is 1. The molecule has 1 fully saturated rings. The molecule has 0 atom stereocenters. The second-order valence-electron chi connectivity index (χ2n) is 8.94. The lowest BCUT2D eigenvalue weighted by atomic mass is 10.1. The number of hydrogen-bond acceptors (Lipinski definition) is 3. The molecule has 32 heavy (non-hydrogen) atoms. The topological polar surface area (TPSA) is 65.8 Å². The molecular formula is C25H38N6O. The van der Waals surface area contributed by atoms with Gasteiger partial charge in [-0.2, -0.15) is 5.10 Å². The highest BCUT2D eigenvalue weighted by Gasteiger charge is 2.18. The summed E-state index contributed by atoms with van der Waals surface area (Å²) in [5, 5.41) is 8.01. The Hall–Kier alpha value is -2.83. The van der Waals surface area contributed by atoms with Crippen molar-refractivity contribution >= 4 is 11.9 Å². The van der Waals surface area contributed by atoms with Gasteiger partial charge in [-0.3, -0.25) is 9.48 Å². The zero-order valence-electron chi connectivity index (χ0n) is 20.3. The van der Waals surface area contributed by atoms with Crippen molar-refractivity contribution in [3.05, 3.63) is 52.8 Å². The Balaban J connectivity index is 1.66. The van der Waals surface area contributed by atoms with Crippen LogP contribution in [0.5, 0.6) is 0 Å². The predicted octanol–water partition coefficient (Wildman–Crippen LogP) is 3.77. The summed E-state index contributed by atoms with van der Waals surface area (Å²) in [7, 11) is 4.02. The van der Waals surface area contributed by atoms with E-state index in [4.69, 9.17) is 4.99 Å². The molecule has 7 nitrogen and oxygen atoms in total. The van der Waals surface area contributed by atoms with Crippen LogP contribution in [0, 0.1) is 0 Å². The van der Waals surface area contributed by atoms with E-state index in [1.54, 1.807) is 0 Å². The average molecular weight is 439 g/mol. The Labute approximate surface area is 192 Å². The van der Waals surface area contributed by atoms with E-state index in [1.807, 2.05) is 40.9 Å². The third-order valence-corrected chi connectivity index (χ3v) is 5.84. The van der Waals surface area contributed by atoms with Gasteiger partial charge in [0.25, 0.3) is 5.91 Å². The Kier molecular flexibility index (Phi) is 8.31. The molecule has 174 valence electrons. The van der Waals surface area contributed by atoms with Crippen LogP contribution in [0.25, 0.3) is 0 Å². The smallest absolute Gasteiger partial charge is 0.253 e. The van der Waals surface area contributed by atoms with Gasteiger partial charge in [-0.25, -0.2) is 4.99 Å². The molecule has 3 rings (SSSR count). The SMILES string of the molecule is CCNC(=NCc1ccc(C(=O)N2CCCCC2)cc1)N(C)Cc1cn(C)nc1C(C)C. The van der Waals surface area contributed by atoms with Gasteiger partial charge in [0.2, 0.25) is 0 Å². The number of nitrogens with one attached hydrogen (secondary N) is 1. The molecule has 1 amide bonds. The van der Waals surface area contributed by atoms with Gasteiger partial charge >= 0.3 is 0 Å². The summed E-state index contributed by atoms with van der Waals surface area (Å²) in [4.78, 5) is 21.6. The summed E-state index contributed by atoms with van der Waals surface area (Å²) in [6.07, 6.45) is 5.53. The minimum absolute atomic E-state index is 0.144. The van der Waals surface area contributed by atoms with Crippen LogP contribution in [-0.2, 0) is 20.1 Å².